The van der Waals surface area contributed by atoms with Crippen LogP contribution < -0.4 is 0 Å². The molecule has 94 valence electrons. The Labute approximate surface area is 111 Å². The number of aliphatic hydroxyl groups is 1. The standard InChI is InChI=1S/C15H15FOS/c1-10-4-3-5-13(8-10)18-15-7-6-12(11(2)17)9-14(15)16/h3-9,11,17H,1-2H3/t11-/m1/s1. The molecule has 0 aliphatic rings. The van der Waals surface area contributed by atoms with Gasteiger partial charge in [-0.1, -0.05) is 35.5 Å². The van der Waals surface area contributed by atoms with Gasteiger partial charge in [-0.05, 0) is 43.7 Å². The second-order valence-corrected chi connectivity index (χ2v) is 5.40. The molecule has 1 atom stereocenters. The zero-order valence-corrected chi connectivity index (χ0v) is 11.2. The molecule has 0 aliphatic carbocycles. The van der Waals surface area contributed by atoms with Crippen LogP contribution in [-0.4, -0.2) is 5.11 Å². The summed E-state index contributed by atoms with van der Waals surface area (Å²) in [6, 6.07) is 12.8. The molecule has 0 saturated carbocycles. The zero-order valence-electron chi connectivity index (χ0n) is 10.4. The van der Waals surface area contributed by atoms with Crippen molar-refractivity contribution in [2.24, 2.45) is 0 Å². The average Bonchev–Trinajstić information content (AvgIpc) is 2.31. The molecule has 2 aromatic carbocycles. The van der Waals surface area contributed by atoms with Gasteiger partial charge < -0.3 is 5.11 Å². The fourth-order valence-corrected chi connectivity index (χ4v) is 2.60. The van der Waals surface area contributed by atoms with Crippen LogP contribution in [0.5, 0.6) is 0 Å². The van der Waals surface area contributed by atoms with Crippen LogP contribution in [-0.2, 0) is 0 Å². The van der Waals surface area contributed by atoms with Gasteiger partial charge in [-0.3, -0.25) is 0 Å². The fourth-order valence-electron chi connectivity index (χ4n) is 1.67. The molecule has 2 aromatic rings. The predicted molar refractivity (Wildman–Crippen MR) is 72.3 cm³/mol. The van der Waals surface area contributed by atoms with Crippen molar-refractivity contribution in [3.05, 3.63) is 59.4 Å². The van der Waals surface area contributed by atoms with Crippen LogP contribution >= 0.6 is 11.8 Å². The van der Waals surface area contributed by atoms with Crippen molar-refractivity contribution in [2.45, 2.75) is 29.7 Å². The van der Waals surface area contributed by atoms with E-state index in [9.17, 15) is 9.50 Å². The number of benzene rings is 2. The summed E-state index contributed by atoms with van der Waals surface area (Å²) in [5, 5.41) is 9.39. The first-order chi connectivity index (χ1) is 8.56. The van der Waals surface area contributed by atoms with E-state index in [1.165, 1.54) is 17.8 Å². The quantitative estimate of drug-likeness (QED) is 0.888. The number of hydrogen-bond acceptors (Lipinski definition) is 2. The Morgan fingerprint density at radius 3 is 2.56 bits per heavy atom. The molecule has 1 nitrogen and oxygen atoms in total. The Hall–Kier alpha value is -1.32. The van der Waals surface area contributed by atoms with Crippen molar-refractivity contribution in [2.75, 3.05) is 0 Å². The van der Waals surface area contributed by atoms with E-state index in [2.05, 4.69) is 0 Å². The van der Waals surface area contributed by atoms with E-state index in [0.29, 0.717) is 10.5 Å². The van der Waals surface area contributed by atoms with Gasteiger partial charge in [0.25, 0.3) is 0 Å². The van der Waals surface area contributed by atoms with Gasteiger partial charge in [-0.15, -0.1) is 0 Å². The third-order valence-corrected chi connectivity index (χ3v) is 3.70. The molecule has 0 amide bonds. The summed E-state index contributed by atoms with van der Waals surface area (Å²) in [6.07, 6.45) is -0.641. The van der Waals surface area contributed by atoms with Crippen molar-refractivity contribution >= 4 is 11.8 Å². The summed E-state index contributed by atoms with van der Waals surface area (Å²) in [5.74, 6) is -0.292. The van der Waals surface area contributed by atoms with Crippen molar-refractivity contribution in [1.29, 1.82) is 0 Å². The van der Waals surface area contributed by atoms with Gasteiger partial charge in [0.1, 0.15) is 5.82 Å². The van der Waals surface area contributed by atoms with E-state index in [-0.39, 0.29) is 5.82 Å². The van der Waals surface area contributed by atoms with Crippen LogP contribution in [0, 0.1) is 12.7 Å². The molecule has 2 rings (SSSR count). The predicted octanol–water partition coefficient (Wildman–Crippen LogP) is 4.34. The van der Waals surface area contributed by atoms with Crippen LogP contribution in [0.2, 0.25) is 0 Å². The molecular weight excluding hydrogens is 247 g/mol. The molecule has 0 aliphatic heterocycles. The van der Waals surface area contributed by atoms with E-state index in [0.717, 1.165) is 10.5 Å². The van der Waals surface area contributed by atoms with Crippen molar-refractivity contribution in [3.63, 3.8) is 0 Å². The zero-order chi connectivity index (χ0) is 13.1. The first-order valence-corrected chi connectivity index (χ1v) is 6.60. The van der Waals surface area contributed by atoms with Crippen molar-refractivity contribution < 1.29 is 9.50 Å². The van der Waals surface area contributed by atoms with Gasteiger partial charge in [0, 0.05) is 9.79 Å². The molecule has 18 heavy (non-hydrogen) atoms. The fraction of sp³-hybridized carbons (Fsp3) is 0.200. The van der Waals surface area contributed by atoms with E-state index in [1.807, 2.05) is 31.2 Å². The van der Waals surface area contributed by atoms with Gasteiger partial charge in [-0.25, -0.2) is 4.39 Å². The number of halogens is 1. The smallest absolute Gasteiger partial charge is 0.137 e. The lowest BCUT2D eigenvalue weighted by molar-refractivity contribution is 0.198. The van der Waals surface area contributed by atoms with Crippen molar-refractivity contribution in [1.82, 2.24) is 0 Å². The average molecular weight is 262 g/mol. The van der Waals surface area contributed by atoms with E-state index in [1.54, 1.807) is 19.1 Å². The van der Waals surface area contributed by atoms with E-state index < -0.39 is 6.10 Å². The first-order valence-electron chi connectivity index (χ1n) is 5.78. The maximum absolute atomic E-state index is 13.9. The van der Waals surface area contributed by atoms with E-state index >= 15 is 0 Å². The highest BCUT2D eigenvalue weighted by molar-refractivity contribution is 7.99. The normalized spacial score (nSPS) is 12.4. The van der Waals surface area contributed by atoms with Gasteiger partial charge in [0.05, 0.1) is 6.10 Å². The SMILES string of the molecule is Cc1cccc(Sc2ccc([C@@H](C)O)cc2F)c1. The lowest BCUT2D eigenvalue weighted by atomic mass is 10.1. The van der Waals surface area contributed by atoms with Crippen LogP contribution in [0.4, 0.5) is 4.39 Å². The van der Waals surface area contributed by atoms with Crippen LogP contribution in [0.1, 0.15) is 24.2 Å². The number of hydrogen-bond donors (Lipinski definition) is 1. The maximum Gasteiger partial charge on any atom is 0.137 e. The number of aryl methyl sites for hydroxylation is 1. The highest BCUT2D eigenvalue weighted by Crippen LogP contribution is 2.31. The highest BCUT2D eigenvalue weighted by atomic mass is 32.2. The summed E-state index contributed by atoms with van der Waals surface area (Å²) >= 11 is 1.39. The lowest BCUT2D eigenvalue weighted by Crippen LogP contribution is -1.92. The van der Waals surface area contributed by atoms with Gasteiger partial charge in [-0.2, -0.15) is 0 Å². The summed E-state index contributed by atoms with van der Waals surface area (Å²) in [5.41, 5.74) is 1.75. The Morgan fingerprint density at radius 2 is 1.94 bits per heavy atom. The topological polar surface area (TPSA) is 20.2 Å². The minimum Gasteiger partial charge on any atom is -0.389 e. The largest absolute Gasteiger partial charge is 0.389 e. The molecule has 0 fully saturated rings. The van der Waals surface area contributed by atoms with Crippen LogP contribution in [0.3, 0.4) is 0 Å². The molecule has 1 N–H and O–H groups in total. The molecule has 0 bridgehead atoms. The molecule has 0 saturated heterocycles. The second kappa shape index (κ2) is 5.55. The Kier molecular flexibility index (Phi) is 4.04. The van der Waals surface area contributed by atoms with Gasteiger partial charge in [0.2, 0.25) is 0 Å². The van der Waals surface area contributed by atoms with Crippen molar-refractivity contribution in [3.8, 4) is 0 Å². The summed E-state index contributed by atoms with van der Waals surface area (Å²) in [6.45, 7) is 3.64. The molecule has 0 spiro atoms. The summed E-state index contributed by atoms with van der Waals surface area (Å²) in [4.78, 5) is 1.59. The van der Waals surface area contributed by atoms with Crippen LogP contribution in [0.25, 0.3) is 0 Å². The highest BCUT2D eigenvalue weighted by Gasteiger charge is 2.08. The number of rotatable bonds is 3. The Morgan fingerprint density at radius 1 is 1.17 bits per heavy atom. The minimum atomic E-state index is -0.641. The maximum atomic E-state index is 13.9. The summed E-state index contributed by atoms with van der Waals surface area (Å²) < 4.78 is 13.9. The summed E-state index contributed by atoms with van der Waals surface area (Å²) in [7, 11) is 0. The minimum absolute atomic E-state index is 0.292. The molecule has 0 radical (unpaired) electrons. The van der Waals surface area contributed by atoms with Gasteiger partial charge in [0.15, 0.2) is 0 Å². The Balaban J connectivity index is 2.24. The molecule has 0 aromatic heterocycles. The monoisotopic (exact) mass is 262 g/mol. The number of aliphatic hydroxyl groups excluding tert-OH is 1. The molecular formula is C15H15FOS. The van der Waals surface area contributed by atoms with Gasteiger partial charge >= 0.3 is 0 Å². The van der Waals surface area contributed by atoms with Crippen LogP contribution in [0.15, 0.2) is 52.3 Å². The Bertz CT molecular complexity index is 552. The first kappa shape index (κ1) is 13.1. The molecule has 3 heteroatoms. The van der Waals surface area contributed by atoms with E-state index in [4.69, 9.17) is 0 Å². The second-order valence-electron chi connectivity index (χ2n) is 4.28. The third-order valence-electron chi connectivity index (χ3n) is 2.66. The molecule has 0 heterocycles. The molecule has 0 unspecified atom stereocenters. The lowest BCUT2D eigenvalue weighted by Gasteiger charge is -2.08. The third kappa shape index (κ3) is 3.12.